The number of hydrogen-bond acceptors (Lipinski definition) is 4. The molecule has 0 saturated carbocycles. The van der Waals surface area contributed by atoms with Gasteiger partial charge < -0.3 is 10.2 Å². The Balaban J connectivity index is 1.53. The average molecular weight is 400 g/mol. The minimum atomic E-state index is -0.0435. The van der Waals surface area contributed by atoms with E-state index in [2.05, 4.69) is 29.8 Å². The second-order valence-electron chi connectivity index (χ2n) is 7.38. The molecule has 1 aromatic carbocycles. The summed E-state index contributed by atoms with van der Waals surface area (Å²) in [7, 11) is 0. The highest BCUT2D eigenvalue weighted by Crippen LogP contribution is 2.32. The molecule has 5 nitrogen and oxygen atoms in total. The quantitative estimate of drug-likeness (QED) is 0.772. The number of piperidine rings is 1. The Morgan fingerprint density at radius 1 is 1.25 bits per heavy atom. The first-order chi connectivity index (χ1) is 13.6. The maximum Gasteiger partial charge on any atom is 0.230 e. The van der Waals surface area contributed by atoms with Gasteiger partial charge in [-0.1, -0.05) is 37.3 Å². The van der Waals surface area contributed by atoms with Gasteiger partial charge in [-0.05, 0) is 24.8 Å². The summed E-state index contributed by atoms with van der Waals surface area (Å²) < 4.78 is 0. The van der Waals surface area contributed by atoms with Crippen LogP contribution in [0.3, 0.4) is 0 Å². The second kappa shape index (κ2) is 9.82. The van der Waals surface area contributed by atoms with Crippen molar-refractivity contribution in [2.24, 2.45) is 0 Å². The van der Waals surface area contributed by atoms with Crippen molar-refractivity contribution in [2.45, 2.75) is 51.4 Å². The Hall–Kier alpha value is -2.21. The molecule has 1 atom stereocenters. The summed E-state index contributed by atoms with van der Waals surface area (Å²) in [5, 5.41) is 6.07. The monoisotopic (exact) mass is 399 g/mol. The predicted molar refractivity (Wildman–Crippen MR) is 113 cm³/mol. The molecule has 1 saturated heterocycles. The predicted octanol–water partition coefficient (Wildman–Crippen LogP) is 3.72. The fraction of sp³-hybridized carbons (Fsp3) is 0.500. The van der Waals surface area contributed by atoms with E-state index >= 15 is 0 Å². The number of thiazole rings is 1. The lowest BCUT2D eigenvalue weighted by molar-refractivity contribution is -0.134. The topological polar surface area (TPSA) is 62.3 Å². The van der Waals surface area contributed by atoms with Crippen LogP contribution in [0.5, 0.6) is 0 Å². The fourth-order valence-electron chi connectivity index (χ4n) is 3.80. The van der Waals surface area contributed by atoms with Gasteiger partial charge in [-0.3, -0.25) is 9.59 Å². The fourth-order valence-corrected chi connectivity index (χ4v) is 4.82. The van der Waals surface area contributed by atoms with E-state index in [-0.39, 0.29) is 17.7 Å². The average Bonchev–Trinajstić information content (AvgIpc) is 3.18. The smallest absolute Gasteiger partial charge is 0.230 e. The minimum absolute atomic E-state index is 0.00613. The molecular weight excluding hydrogens is 370 g/mol. The van der Waals surface area contributed by atoms with Crippen LogP contribution < -0.4 is 5.32 Å². The molecule has 0 spiro atoms. The summed E-state index contributed by atoms with van der Waals surface area (Å²) in [5.41, 5.74) is 2.16. The largest absolute Gasteiger partial charge is 0.356 e. The Kier molecular flexibility index (Phi) is 7.20. The van der Waals surface area contributed by atoms with E-state index in [1.807, 2.05) is 23.1 Å². The lowest BCUT2D eigenvalue weighted by atomic mass is 9.92. The Morgan fingerprint density at radius 3 is 2.61 bits per heavy atom. The Bertz CT molecular complexity index is 782. The van der Waals surface area contributed by atoms with Crippen molar-refractivity contribution in [1.82, 2.24) is 15.2 Å². The van der Waals surface area contributed by atoms with E-state index in [0.29, 0.717) is 12.5 Å². The van der Waals surface area contributed by atoms with Crippen LogP contribution >= 0.6 is 11.3 Å². The zero-order valence-corrected chi connectivity index (χ0v) is 17.5. The molecule has 1 aromatic heterocycles. The first-order valence-corrected chi connectivity index (χ1v) is 11.0. The van der Waals surface area contributed by atoms with Crippen molar-refractivity contribution < 1.29 is 9.59 Å². The van der Waals surface area contributed by atoms with Crippen molar-refractivity contribution in [1.29, 1.82) is 0 Å². The minimum Gasteiger partial charge on any atom is -0.356 e. The molecule has 1 fully saturated rings. The van der Waals surface area contributed by atoms with Gasteiger partial charge >= 0.3 is 0 Å². The van der Waals surface area contributed by atoms with E-state index in [4.69, 9.17) is 4.98 Å². The molecule has 150 valence electrons. The lowest BCUT2D eigenvalue weighted by Gasteiger charge is -2.33. The highest BCUT2D eigenvalue weighted by molar-refractivity contribution is 7.09. The van der Waals surface area contributed by atoms with Gasteiger partial charge in [0.05, 0.1) is 16.6 Å². The summed E-state index contributed by atoms with van der Waals surface area (Å²) in [5.74, 6) is 0.633. The van der Waals surface area contributed by atoms with E-state index in [1.165, 1.54) is 11.9 Å². The Labute approximate surface area is 171 Å². The summed E-state index contributed by atoms with van der Waals surface area (Å²) in [6.07, 6.45) is 3.53. The molecule has 0 aliphatic carbocycles. The molecule has 0 radical (unpaired) electrons. The summed E-state index contributed by atoms with van der Waals surface area (Å²) in [6, 6.07) is 10.1. The van der Waals surface area contributed by atoms with Crippen molar-refractivity contribution in [3.05, 3.63) is 52.0 Å². The molecule has 1 N–H and O–H groups in total. The van der Waals surface area contributed by atoms with Crippen LogP contribution in [-0.4, -0.2) is 41.3 Å². The van der Waals surface area contributed by atoms with Gasteiger partial charge in [-0.2, -0.15) is 0 Å². The van der Waals surface area contributed by atoms with Crippen molar-refractivity contribution >= 4 is 23.2 Å². The van der Waals surface area contributed by atoms with Crippen LogP contribution in [-0.2, 0) is 16.0 Å². The third-order valence-electron chi connectivity index (χ3n) is 5.39. The number of hydrogen-bond donors (Lipinski definition) is 1. The van der Waals surface area contributed by atoms with Gasteiger partial charge in [0.2, 0.25) is 11.8 Å². The first-order valence-electron chi connectivity index (χ1n) is 10.1. The number of likely N-dealkylation sites (tertiary alicyclic amines) is 1. The molecule has 2 heterocycles. The SMILES string of the molecule is CC[C@@H](C(=O)N1CCC(c2nc(CCNC(C)=O)cs2)CC1)c1ccccc1. The van der Waals surface area contributed by atoms with Crippen LogP contribution in [0.4, 0.5) is 0 Å². The summed E-state index contributed by atoms with van der Waals surface area (Å²) in [4.78, 5) is 30.8. The molecule has 3 rings (SSSR count). The van der Waals surface area contributed by atoms with Crippen LogP contribution in [0, 0.1) is 0 Å². The van der Waals surface area contributed by atoms with Crippen molar-refractivity contribution in [2.75, 3.05) is 19.6 Å². The molecule has 0 unspecified atom stereocenters. The zero-order chi connectivity index (χ0) is 19.9. The number of nitrogens with zero attached hydrogens (tertiary/aromatic N) is 2. The van der Waals surface area contributed by atoms with Crippen LogP contribution in [0.25, 0.3) is 0 Å². The molecule has 6 heteroatoms. The first kappa shape index (κ1) is 20.5. The number of aromatic nitrogens is 1. The highest BCUT2D eigenvalue weighted by Gasteiger charge is 2.29. The maximum absolute atomic E-state index is 13.0. The molecule has 28 heavy (non-hydrogen) atoms. The van der Waals surface area contributed by atoms with E-state index < -0.39 is 0 Å². The summed E-state index contributed by atoms with van der Waals surface area (Å²) in [6.45, 7) is 5.84. The van der Waals surface area contributed by atoms with Gasteiger partial charge in [-0.15, -0.1) is 11.3 Å². The van der Waals surface area contributed by atoms with Gasteiger partial charge in [0.15, 0.2) is 0 Å². The number of amides is 2. The number of benzene rings is 1. The second-order valence-corrected chi connectivity index (χ2v) is 8.27. The van der Waals surface area contributed by atoms with Crippen LogP contribution in [0.15, 0.2) is 35.7 Å². The molecule has 0 bridgehead atoms. The maximum atomic E-state index is 13.0. The number of rotatable bonds is 7. The van der Waals surface area contributed by atoms with Gasteiger partial charge in [0.25, 0.3) is 0 Å². The van der Waals surface area contributed by atoms with Crippen LogP contribution in [0.1, 0.15) is 61.2 Å². The van der Waals surface area contributed by atoms with Crippen molar-refractivity contribution in [3.8, 4) is 0 Å². The molecule has 1 aliphatic rings. The zero-order valence-electron chi connectivity index (χ0n) is 16.7. The number of carbonyl (C=O) groups is 2. The highest BCUT2D eigenvalue weighted by atomic mass is 32.1. The normalized spacial score (nSPS) is 16.0. The number of nitrogens with one attached hydrogen (secondary N) is 1. The van der Waals surface area contributed by atoms with Gasteiger partial charge in [0, 0.05) is 44.3 Å². The lowest BCUT2D eigenvalue weighted by Crippen LogP contribution is -2.40. The van der Waals surface area contributed by atoms with Crippen molar-refractivity contribution in [3.63, 3.8) is 0 Å². The third kappa shape index (κ3) is 5.19. The van der Waals surface area contributed by atoms with E-state index in [0.717, 1.165) is 50.0 Å². The standard InChI is InChI=1S/C22H29N3O2S/c1-3-20(17-7-5-4-6-8-17)22(27)25-13-10-18(11-14-25)21-24-19(15-28-21)9-12-23-16(2)26/h4-8,15,18,20H,3,9-14H2,1-2H3,(H,23,26)/t20-/m1/s1. The molecular formula is C22H29N3O2S. The molecule has 1 aliphatic heterocycles. The summed E-state index contributed by atoms with van der Waals surface area (Å²) >= 11 is 1.70. The third-order valence-corrected chi connectivity index (χ3v) is 6.44. The van der Waals surface area contributed by atoms with Crippen LogP contribution in [0.2, 0.25) is 0 Å². The number of carbonyl (C=O) groups excluding carboxylic acids is 2. The molecule has 2 aromatic rings. The van der Waals surface area contributed by atoms with Gasteiger partial charge in [-0.25, -0.2) is 4.98 Å². The van der Waals surface area contributed by atoms with E-state index in [9.17, 15) is 9.59 Å². The van der Waals surface area contributed by atoms with Gasteiger partial charge in [0.1, 0.15) is 0 Å². The van der Waals surface area contributed by atoms with E-state index in [1.54, 1.807) is 11.3 Å². The Morgan fingerprint density at radius 2 is 1.96 bits per heavy atom. The molecule has 2 amide bonds.